The van der Waals surface area contributed by atoms with Crippen molar-refractivity contribution in [3.05, 3.63) is 68.9 Å². The highest BCUT2D eigenvalue weighted by Crippen LogP contribution is 2.32. The fraction of sp³-hybridized carbons (Fsp3) is 0.318. The summed E-state index contributed by atoms with van der Waals surface area (Å²) in [6, 6.07) is 14.9. The number of H-pyrrole nitrogens is 1. The minimum atomic E-state index is -0.104. The number of halogens is 2. The van der Waals surface area contributed by atoms with Gasteiger partial charge in [-0.15, -0.1) is 0 Å². The van der Waals surface area contributed by atoms with Gasteiger partial charge in [0, 0.05) is 44.9 Å². The zero-order valence-corrected chi connectivity index (χ0v) is 17.5. The number of aromatic nitrogens is 1. The maximum Gasteiger partial charge on any atom is 0.248 e. The lowest BCUT2D eigenvalue weighted by Gasteiger charge is -2.36. The lowest BCUT2D eigenvalue weighted by atomic mass is 10.2. The quantitative estimate of drug-likeness (QED) is 0.586. The number of piperazine rings is 1. The number of nitrogens with zero attached hydrogens (tertiary/aromatic N) is 2. The third-order valence-electron chi connectivity index (χ3n) is 5.23. The average molecular weight is 432 g/mol. The molecule has 1 aromatic heterocycles. The summed E-state index contributed by atoms with van der Waals surface area (Å²) >= 11 is 12.5. The molecule has 29 heavy (non-hydrogen) atoms. The van der Waals surface area contributed by atoms with Gasteiger partial charge in [-0.2, -0.15) is 0 Å². The van der Waals surface area contributed by atoms with E-state index >= 15 is 0 Å². The van der Waals surface area contributed by atoms with E-state index in [9.17, 15) is 4.79 Å². The smallest absolute Gasteiger partial charge is 0.248 e. The average Bonchev–Trinajstić information content (AvgIpc) is 2.73. The molecule has 2 aromatic carbocycles. The molecule has 5 nitrogen and oxygen atoms in total. The van der Waals surface area contributed by atoms with Crippen molar-refractivity contribution in [3.8, 4) is 5.75 Å². The van der Waals surface area contributed by atoms with E-state index in [0.717, 1.165) is 61.5 Å². The van der Waals surface area contributed by atoms with Gasteiger partial charge in [0.05, 0.1) is 27.9 Å². The first kappa shape index (κ1) is 20.1. The van der Waals surface area contributed by atoms with Gasteiger partial charge < -0.3 is 14.6 Å². The maximum atomic E-state index is 11.5. The number of hydrogen-bond donors (Lipinski definition) is 1. The first-order chi connectivity index (χ1) is 14.1. The maximum absolute atomic E-state index is 11.5. The number of nitrogens with one attached hydrogen (secondary N) is 1. The zero-order chi connectivity index (χ0) is 20.2. The van der Waals surface area contributed by atoms with Crippen LogP contribution in [0.25, 0.3) is 10.9 Å². The highest BCUT2D eigenvalue weighted by molar-refractivity contribution is 6.43. The highest BCUT2D eigenvalue weighted by atomic mass is 35.5. The van der Waals surface area contributed by atoms with Crippen molar-refractivity contribution >= 4 is 39.8 Å². The van der Waals surface area contributed by atoms with Crippen molar-refractivity contribution < 1.29 is 4.74 Å². The van der Waals surface area contributed by atoms with Gasteiger partial charge in [-0.3, -0.25) is 9.69 Å². The van der Waals surface area contributed by atoms with Gasteiger partial charge in [0.1, 0.15) is 5.75 Å². The molecule has 0 bridgehead atoms. The van der Waals surface area contributed by atoms with Crippen LogP contribution in [0.4, 0.5) is 5.69 Å². The molecule has 1 aliphatic heterocycles. The van der Waals surface area contributed by atoms with Gasteiger partial charge in [-0.25, -0.2) is 0 Å². The Morgan fingerprint density at radius 1 is 1.00 bits per heavy atom. The van der Waals surface area contributed by atoms with E-state index < -0.39 is 0 Å². The molecule has 2 heterocycles. The van der Waals surface area contributed by atoms with Crippen LogP contribution < -0.4 is 15.2 Å². The number of pyridine rings is 1. The summed E-state index contributed by atoms with van der Waals surface area (Å²) in [4.78, 5) is 19.0. The first-order valence-electron chi connectivity index (χ1n) is 9.77. The topological polar surface area (TPSA) is 48.6 Å². The summed E-state index contributed by atoms with van der Waals surface area (Å²) in [5.74, 6) is 0.778. The molecule has 0 radical (unpaired) electrons. The predicted octanol–water partition coefficient (Wildman–Crippen LogP) is 4.43. The molecule has 1 N–H and O–H groups in total. The lowest BCUT2D eigenvalue weighted by molar-refractivity contribution is 0.225. The molecule has 1 saturated heterocycles. The number of fused-ring (bicyclic) bond motifs is 1. The Morgan fingerprint density at radius 2 is 1.79 bits per heavy atom. The Balaban J connectivity index is 1.23. The number of anilines is 1. The van der Waals surface area contributed by atoms with E-state index in [0.29, 0.717) is 16.7 Å². The van der Waals surface area contributed by atoms with Gasteiger partial charge in [0.2, 0.25) is 5.56 Å². The van der Waals surface area contributed by atoms with Crippen LogP contribution in [0, 0.1) is 0 Å². The van der Waals surface area contributed by atoms with Crippen molar-refractivity contribution in [2.24, 2.45) is 0 Å². The molecule has 1 fully saturated rings. The number of ether oxygens (including phenoxy) is 1. The monoisotopic (exact) mass is 431 g/mol. The van der Waals surface area contributed by atoms with Crippen molar-refractivity contribution in [1.29, 1.82) is 0 Å². The van der Waals surface area contributed by atoms with Crippen molar-refractivity contribution in [2.75, 3.05) is 44.2 Å². The molecule has 0 unspecified atom stereocenters. The second-order valence-corrected chi connectivity index (χ2v) is 7.96. The van der Waals surface area contributed by atoms with E-state index in [1.54, 1.807) is 0 Å². The fourth-order valence-electron chi connectivity index (χ4n) is 3.65. The predicted molar refractivity (Wildman–Crippen MR) is 120 cm³/mol. The number of rotatable bonds is 6. The fourth-order valence-corrected chi connectivity index (χ4v) is 4.06. The van der Waals surface area contributed by atoms with Crippen molar-refractivity contribution in [3.63, 3.8) is 0 Å². The summed E-state index contributed by atoms with van der Waals surface area (Å²) in [5.41, 5.74) is 1.70. The number of aromatic amines is 1. The third kappa shape index (κ3) is 4.86. The van der Waals surface area contributed by atoms with Crippen LogP contribution in [-0.4, -0.2) is 49.2 Å². The molecular weight excluding hydrogens is 409 g/mol. The number of benzene rings is 2. The molecule has 0 aliphatic carbocycles. The van der Waals surface area contributed by atoms with E-state index in [-0.39, 0.29) is 5.56 Å². The van der Waals surface area contributed by atoms with E-state index in [1.807, 2.05) is 42.5 Å². The SMILES string of the molecule is O=c1ccc2ccc(OCCCN3CCN(c4cccc(Cl)c4Cl)CC3)cc2[nH]1. The van der Waals surface area contributed by atoms with Crippen LogP contribution in [0.15, 0.2) is 53.3 Å². The lowest BCUT2D eigenvalue weighted by Crippen LogP contribution is -2.46. The second kappa shape index (κ2) is 9.08. The summed E-state index contributed by atoms with van der Waals surface area (Å²) in [6.45, 7) is 5.46. The van der Waals surface area contributed by atoms with Crippen molar-refractivity contribution in [2.45, 2.75) is 6.42 Å². The Labute approximate surface area is 179 Å². The summed E-state index contributed by atoms with van der Waals surface area (Å²) in [5, 5.41) is 2.23. The Morgan fingerprint density at radius 3 is 2.62 bits per heavy atom. The molecule has 7 heteroatoms. The minimum Gasteiger partial charge on any atom is -0.493 e. The van der Waals surface area contributed by atoms with Crippen LogP contribution in [-0.2, 0) is 0 Å². The molecule has 0 amide bonds. The standard InChI is InChI=1S/C22H23Cl2N3O2/c23-18-3-1-4-20(22(18)24)27-12-10-26(11-13-27)9-2-14-29-17-7-5-16-6-8-21(28)25-19(16)15-17/h1,3-8,15H,2,9-14H2,(H,25,28). The summed E-state index contributed by atoms with van der Waals surface area (Å²) < 4.78 is 5.87. The second-order valence-electron chi connectivity index (χ2n) is 7.18. The largest absolute Gasteiger partial charge is 0.493 e. The molecule has 0 saturated carbocycles. The van der Waals surface area contributed by atoms with E-state index in [4.69, 9.17) is 27.9 Å². The van der Waals surface area contributed by atoms with Crippen LogP contribution in [0.1, 0.15) is 6.42 Å². The van der Waals surface area contributed by atoms with E-state index in [2.05, 4.69) is 14.8 Å². The van der Waals surface area contributed by atoms with Crippen LogP contribution in [0.5, 0.6) is 5.75 Å². The van der Waals surface area contributed by atoms with E-state index in [1.165, 1.54) is 6.07 Å². The molecule has 0 atom stereocenters. The zero-order valence-electron chi connectivity index (χ0n) is 16.0. The molecule has 3 aromatic rings. The van der Waals surface area contributed by atoms with Gasteiger partial charge in [0.15, 0.2) is 0 Å². The normalized spacial score (nSPS) is 15.0. The molecule has 0 spiro atoms. The molecule has 4 rings (SSSR count). The summed E-state index contributed by atoms with van der Waals surface area (Å²) in [6.07, 6.45) is 0.946. The Bertz CT molecular complexity index is 1050. The van der Waals surface area contributed by atoms with Gasteiger partial charge in [0.25, 0.3) is 0 Å². The Hall–Kier alpha value is -2.21. The van der Waals surface area contributed by atoms with Gasteiger partial charge in [-0.1, -0.05) is 29.3 Å². The molecular formula is C22H23Cl2N3O2. The van der Waals surface area contributed by atoms with Gasteiger partial charge >= 0.3 is 0 Å². The van der Waals surface area contributed by atoms with Crippen LogP contribution >= 0.6 is 23.2 Å². The number of hydrogen-bond acceptors (Lipinski definition) is 4. The third-order valence-corrected chi connectivity index (χ3v) is 6.04. The summed E-state index contributed by atoms with van der Waals surface area (Å²) in [7, 11) is 0. The minimum absolute atomic E-state index is 0.104. The molecule has 152 valence electrons. The first-order valence-corrected chi connectivity index (χ1v) is 10.5. The highest BCUT2D eigenvalue weighted by Gasteiger charge is 2.19. The van der Waals surface area contributed by atoms with Crippen LogP contribution in [0.2, 0.25) is 10.0 Å². The Kier molecular flexibility index (Phi) is 6.28. The van der Waals surface area contributed by atoms with Crippen molar-refractivity contribution in [1.82, 2.24) is 9.88 Å². The molecule has 1 aliphatic rings. The van der Waals surface area contributed by atoms with Crippen LogP contribution in [0.3, 0.4) is 0 Å². The van der Waals surface area contributed by atoms with Gasteiger partial charge in [-0.05, 0) is 42.1 Å².